The Kier molecular flexibility index (Phi) is 7.52. The summed E-state index contributed by atoms with van der Waals surface area (Å²) in [5, 5.41) is 10.3. The third-order valence-corrected chi connectivity index (χ3v) is 7.89. The van der Waals surface area contributed by atoms with Gasteiger partial charge in [0, 0.05) is 30.9 Å². The number of nitrogens with zero attached hydrogens (tertiary/aromatic N) is 4. The molecule has 2 fully saturated rings. The average molecular weight is 479 g/mol. The van der Waals surface area contributed by atoms with Crippen LogP contribution in [0.2, 0.25) is 0 Å². The number of piperidine rings is 1. The zero-order valence-corrected chi connectivity index (χ0v) is 21.0. The lowest BCUT2D eigenvalue weighted by Crippen LogP contribution is -2.33. The van der Waals surface area contributed by atoms with E-state index in [9.17, 15) is 0 Å². The number of ether oxygens (including phenoxy) is 2. The fourth-order valence-electron chi connectivity index (χ4n) is 4.99. The molecule has 1 atom stereocenters. The van der Waals surface area contributed by atoms with Gasteiger partial charge in [-0.3, -0.25) is 9.47 Å². The summed E-state index contributed by atoms with van der Waals surface area (Å²) in [6.07, 6.45) is 4.77. The van der Waals surface area contributed by atoms with Crippen molar-refractivity contribution in [1.29, 1.82) is 0 Å². The van der Waals surface area contributed by atoms with E-state index in [2.05, 4.69) is 57.9 Å². The van der Waals surface area contributed by atoms with Gasteiger partial charge in [0.1, 0.15) is 11.6 Å². The number of thioether (sulfide) groups is 1. The third kappa shape index (κ3) is 5.48. The number of aromatic nitrogens is 3. The van der Waals surface area contributed by atoms with Crippen LogP contribution in [0, 0.1) is 6.92 Å². The first-order chi connectivity index (χ1) is 16.7. The van der Waals surface area contributed by atoms with Crippen molar-refractivity contribution >= 4 is 11.8 Å². The van der Waals surface area contributed by atoms with Gasteiger partial charge < -0.3 is 9.47 Å². The fraction of sp³-hybridized carbons (Fsp3) is 0.481. The number of aryl methyl sites for hydroxylation is 1. The Morgan fingerprint density at radius 3 is 2.68 bits per heavy atom. The standard InChI is InChI=1S/C27H34N4O2S/c1-20-6-3-7-21(16-20)18-30-13-11-22(12-14-30)26-28-29-27(34-19-25-10-5-15-33-25)31(26)23-8-4-9-24(17-23)32-2/h3-4,6-9,16-17,22,25H,5,10-15,18-19H2,1-2H3/t25-/m0/s1. The van der Waals surface area contributed by atoms with Crippen LogP contribution in [0.15, 0.2) is 53.7 Å². The smallest absolute Gasteiger partial charge is 0.195 e. The molecule has 7 heteroatoms. The Bertz CT molecular complexity index is 1090. The largest absolute Gasteiger partial charge is 0.497 e. The highest BCUT2D eigenvalue weighted by Crippen LogP contribution is 2.34. The molecule has 5 rings (SSSR count). The minimum Gasteiger partial charge on any atom is -0.497 e. The van der Waals surface area contributed by atoms with Crippen LogP contribution in [0.4, 0.5) is 0 Å². The Hall–Kier alpha value is -2.35. The van der Waals surface area contributed by atoms with Gasteiger partial charge in [-0.25, -0.2) is 0 Å². The molecule has 0 aliphatic carbocycles. The maximum absolute atomic E-state index is 5.84. The van der Waals surface area contributed by atoms with E-state index in [1.54, 1.807) is 18.9 Å². The van der Waals surface area contributed by atoms with Gasteiger partial charge in [0.15, 0.2) is 5.16 Å². The van der Waals surface area contributed by atoms with Gasteiger partial charge in [0.25, 0.3) is 0 Å². The highest BCUT2D eigenvalue weighted by molar-refractivity contribution is 7.99. The van der Waals surface area contributed by atoms with E-state index in [1.165, 1.54) is 11.1 Å². The van der Waals surface area contributed by atoms with Crippen LogP contribution in [0.25, 0.3) is 5.69 Å². The second-order valence-electron chi connectivity index (χ2n) is 9.36. The fourth-order valence-corrected chi connectivity index (χ4v) is 6.02. The molecule has 2 aliphatic heterocycles. The molecule has 0 bridgehead atoms. The molecule has 34 heavy (non-hydrogen) atoms. The van der Waals surface area contributed by atoms with E-state index in [4.69, 9.17) is 14.6 Å². The van der Waals surface area contributed by atoms with Crippen molar-refractivity contribution in [3.63, 3.8) is 0 Å². The van der Waals surface area contributed by atoms with Gasteiger partial charge in [-0.2, -0.15) is 0 Å². The molecular weight excluding hydrogens is 444 g/mol. The van der Waals surface area contributed by atoms with Crippen LogP contribution in [0.1, 0.15) is 48.6 Å². The van der Waals surface area contributed by atoms with Gasteiger partial charge >= 0.3 is 0 Å². The van der Waals surface area contributed by atoms with Crippen molar-refractivity contribution in [2.24, 2.45) is 0 Å². The lowest BCUT2D eigenvalue weighted by molar-refractivity contribution is 0.129. The van der Waals surface area contributed by atoms with Gasteiger partial charge in [-0.05, 0) is 63.4 Å². The molecule has 0 unspecified atom stereocenters. The summed E-state index contributed by atoms with van der Waals surface area (Å²) in [6, 6.07) is 17.1. The molecule has 2 saturated heterocycles. The van der Waals surface area contributed by atoms with Crippen molar-refractivity contribution < 1.29 is 9.47 Å². The Balaban J connectivity index is 1.33. The highest BCUT2D eigenvalue weighted by atomic mass is 32.2. The molecule has 2 aliphatic rings. The van der Waals surface area contributed by atoms with Crippen LogP contribution in [0.5, 0.6) is 5.75 Å². The first kappa shape index (κ1) is 23.4. The Morgan fingerprint density at radius 2 is 1.91 bits per heavy atom. The Labute approximate surface area is 206 Å². The first-order valence-electron chi connectivity index (χ1n) is 12.3. The zero-order valence-electron chi connectivity index (χ0n) is 20.2. The van der Waals surface area contributed by atoms with Crippen molar-refractivity contribution in [2.45, 2.75) is 56.3 Å². The van der Waals surface area contributed by atoms with Crippen molar-refractivity contribution in [3.8, 4) is 11.4 Å². The topological polar surface area (TPSA) is 52.4 Å². The SMILES string of the molecule is COc1cccc(-n2c(SC[C@@H]3CCCO3)nnc2C2CCN(Cc3cccc(C)c3)CC2)c1. The number of likely N-dealkylation sites (tertiary alicyclic amines) is 1. The van der Waals surface area contributed by atoms with Gasteiger partial charge in [0.05, 0.1) is 18.9 Å². The monoisotopic (exact) mass is 478 g/mol. The summed E-state index contributed by atoms with van der Waals surface area (Å²) < 4.78 is 13.6. The highest BCUT2D eigenvalue weighted by Gasteiger charge is 2.28. The van der Waals surface area contributed by atoms with Crippen molar-refractivity contribution in [3.05, 3.63) is 65.5 Å². The van der Waals surface area contributed by atoms with E-state index in [1.807, 2.05) is 12.1 Å². The summed E-state index contributed by atoms with van der Waals surface area (Å²) in [6.45, 7) is 6.19. The maximum atomic E-state index is 5.84. The molecule has 2 aromatic carbocycles. The summed E-state index contributed by atoms with van der Waals surface area (Å²) in [7, 11) is 1.71. The van der Waals surface area contributed by atoms with Crippen LogP contribution in [0.3, 0.4) is 0 Å². The zero-order chi connectivity index (χ0) is 23.3. The summed E-state index contributed by atoms with van der Waals surface area (Å²) in [4.78, 5) is 2.56. The summed E-state index contributed by atoms with van der Waals surface area (Å²) in [5.74, 6) is 3.22. The van der Waals surface area contributed by atoms with Crippen LogP contribution in [-0.2, 0) is 11.3 Å². The Morgan fingerprint density at radius 1 is 1.06 bits per heavy atom. The summed E-state index contributed by atoms with van der Waals surface area (Å²) in [5.41, 5.74) is 3.79. The van der Waals surface area contributed by atoms with E-state index < -0.39 is 0 Å². The number of hydrogen-bond acceptors (Lipinski definition) is 6. The predicted octanol–water partition coefficient (Wildman–Crippen LogP) is 5.24. The number of hydrogen-bond donors (Lipinski definition) is 0. The van der Waals surface area contributed by atoms with E-state index in [0.717, 1.165) is 80.1 Å². The minimum absolute atomic E-state index is 0.314. The number of benzene rings is 2. The second kappa shape index (κ2) is 10.9. The quantitative estimate of drug-likeness (QED) is 0.413. The van der Waals surface area contributed by atoms with E-state index in [0.29, 0.717) is 12.0 Å². The molecule has 6 nitrogen and oxygen atoms in total. The number of rotatable bonds is 8. The van der Waals surface area contributed by atoms with Crippen LogP contribution in [-0.4, -0.2) is 58.3 Å². The summed E-state index contributed by atoms with van der Waals surface area (Å²) >= 11 is 1.75. The lowest BCUT2D eigenvalue weighted by atomic mass is 9.95. The van der Waals surface area contributed by atoms with Crippen molar-refractivity contribution in [1.82, 2.24) is 19.7 Å². The van der Waals surface area contributed by atoms with Gasteiger partial charge in [-0.15, -0.1) is 10.2 Å². The molecule has 0 spiro atoms. The van der Waals surface area contributed by atoms with Crippen molar-refractivity contribution in [2.75, 3.05) is 32.6 Å². The van der Waals surface area contributed by atoms with Crippen LogP contribution >= 0.6 is 11.8 Å². The van der Waals surface area contributed by atoms with Gasteiger partial charge in [0.2, 0.25) is 0 Å². The normalized spacial score (nSPS) is 19.5. The van der Waals surface area contributed by atoms with Crippen LogP contribution < -0.4 is 4.74 Å². The molecule has 1 aromatic heterocycles. The molecule has 0 amide bonds. The molecule has 3 aromatic rings. The molecule has 180 valence electrons. The number of methoxy groups -OCH3 is 1. The molecule has 3 heterocycles. The minimum atomic E-state index is 0.314. The first-order valence-corrected chi connectivity index (χ1v) is 13.3. The van der Waals surface area contributed by atoms with E-state index in [-0.39, 0.29) is 0 Å². The third-order valence-electron chi connectivity index (χ3n) is 6.83. The molecule has 0 saturated carbocycles. The van der Waals surface area contributed by atoms with Gasteiger partial charge in [-0.1, -0.05) is 47.7 Å². The van der Waals surface area contributed by atoms with E-state index >= 15 is 0 Å². The predicted molar refractivity (Wildman–Crippen MR) is 136 cm³/mol. The second-order valence-corrected chi connectivity index (χ2v) is 10.4. The average Bonchev–Trinajstić information content (AvgIpc) is 3.53. The molecule has 0 N–H and O–H groups in total. The molecular formula is C27H34N4O2S. The maximum Gasteiger partial charge on any atom is 0.195 e. The molecule has 0 radical (unpaired) electrons. The lowest BCUT2D eigenvalue weighted by Gasteiger charge is -2.31.